The number of hydrogen-bond acceptors (Lipinski definition) is 4. The zero-order valence-electron chi connectivity index (χ0n) is 16.5. The molecule has 3 atom stereocenters. The summed E-state index contributed by atoms with van der Waals surface area (Å²) < 4.78 is 8.07. The second-order valence-corrected chi connectivity index (χ2v) is 8.12. The molecule has 30 heavy (non-hydrogen) atoms. The van der Waals surface area contributed by atoms with Crippen LogP contribution in [0.1, 0.15) is 36.3 Å². The van der Waals surface area contributed by atoms with Crippen molar-refractivity contribution in [3.8, 4) is 11.4 Å². The number of ether oxygens (including phenoxy) is 1. The molecule has 3 aromatic rings. The minimum atomic E-state index is -0.0640. The number of nitrogens with one attached hydrogen (secondary N) is 1. The van der Waals surface area contributed by atoms with Crippen LogP contribution in [0.25, 0.3) is 5.69 Å². The number of phenols is 1. The monoisotopic (exact) mass is 420 g/mol. The fourth-order valence-electron chi connectivity index (χ4n) is 4.41. The molecule has 2 N–H and O–H groups in total. The largest absolute Gasteiger partial charge is 0.508 e. The van der Waals surface area contributed by atoms with Gasteiger partial charge in [0.05, 0.1) is 23.9 Å². The van der Waals surface area contributed by atoms with Crippen molar-refractivity contribution in [2.75, 3.05) is 13.2 Å². The Hall–Kier alpha value is -2.90. The molecule has 7 heteroatoms. The summed E-state index contributed by atoms with van der Waals surface area (Å²) >= 11 is 5.77. The second-order valence-electron chi connectivity index (χ2n) is 7.73. The summed E-state index contributed by atoms with van der Waals surface area (Å²) in [5, 5.41) is 13.9. The lowest BCUT2D eigenvalue weighted by molar-refractivity contribution is 0.0836. The SMILES string of the molecule is Oc1ccc(-n2cccc2[C@@H]2[C@H](c3ccccn3)NC(=S)N2C[C@@H]2CCCO2)cc1. The van der Waals surface area contributed by atoms with E-state index in [0.29, 0.717) is 0 Å². The van der Waals surface area contributed by atoms with Crippen LogP contribution in [0.2, 0.25) is 0 Å². The van der Waals surface area contributed by atoms with Gasteiger partial charge in [-0.1, -0.05) is 6.07 Å². The lowest BCUT2D eigenvalue weighted by Crippen LogP contribution is -2.36. The molecule has 0 unspecified atom stereocenters. The average molecular weight is 421 g/mol. The third-order valence-corrected chi connectivity index (χ3v) is 6.19. The highest BCUT2D eigenvalue weighted by molar-refractivity contribution is 7.80. The molecule has 0 aliphatic carbocycles. The Morgan fingerprint density at radius 2 is 2.00 bits per heavy atom. The van der Waals surface area contributed by atoms with Crippen molar-refractivity contribution in [3.05, 3.63) is 78.4 Å². The van der Waals surface area contributed by atoms with Crippen LogP contribution in [0.3, 0.4) is 0 Å². The maximum atomic E-state index is 9.70. The minimum absolute atomic E-state index is 0.0274. The number of hydrogen-bond donors (Lipinski definition) is 2. The van der Waals surface area contributed by atoms with Crippen LogP contribution >= 0.6 is 12.2 Å². The van der Waals surface area contributed by atoms with Crippen LogP contribution in [0.4, 0.5) is 0 Å². The van der Waals surface area contributed by atoms with E-state index in [1.807, 2.05) is 48.8 Å². The number of aromatic hydroxyl groups is 1. The molecule has 4 heterocycles. The number of phenolic OH excluding ortho intramolecular Hbond substituents is 1. The standard InChI is InChI=1S/C23H24N4O2S/c28-17-10-8-16(9-11-17)26-13-3-7-20(26)22-21(19-6-1-2-12-24-19)25-23(30)27(22)15-18-5-4-14-29-18/h1-3,6-13,18,21-22,28H,4-5,14-15H2,(H,25,30)/t18-,21-,22+/m0/s1. The van der Waals surface area contributed by atoms with Gasteiger partial charge in [0.15, 0.2) is 5.11 Å². The van der Waals surface area contributed by atoms with E-state index in [1.54, 1.807) is 12.1 Å². The van der Waals surface area contributed by atoms with Crippen LogP contribution in [0, 0.1) is 0 Å². The Labute approximate surface area is 181 Å². The van der Waals surface area contributed by atoms with Crippen molar-refractivity contribution >= 4 is 17.3 Å². The van der Waals surface area contributed by atoms with Crippen molar-refractivity contribution in [2.24, 2.45) is 0 Å². The summed E-state index contributed by atoms with van der Waals surface area (Å²) in [7, 11) is 0. The number of rotatable bonds is 5. The number of benzene rings is 1. The number of aromatic nitrogens is 2. The summed E-state index contributed by atoms with van der Waals surface area (Å²) in [6.45, 7) is 1.57. The molecule has 2 aromatic heterocycles. The van der Waals surface area contributed by atoms with Crippen molar-refractivity contribution in [1.29, 1.82) is 0 Å². The first-order valence-corrected chi connectivity index (χ1v) is 10.7. The van der Waals surface area contributed by atoms with Gasteiger partial charge in [-0.25, -0.2) is 0 Å². The normalized spacial score (nSPS) is 23.7. The third kappa shape index (κ3) is 3.55. The predicted octanol–water partition coefficient (Wildman–Crippen LogP) is 3.73. The van der Waals surface area contributed by atoms with Crippen LogP contribution < -0.4 is 5.32 Å². The van der Waals surface area contributed by atoms with Gasteiger partial charge >= 0.3 is 0 Å². The number of nitrogens with zero attached hydrogens (tertiary/aromatic N) is 3. The smallest absolute Gasteiger partial charge is 0.170 e. The average Bonchev–Trinajstić information content (AvgIpc) is 3.51. The molecule has 6 nitrogen and oxygen atoms in total. The van der Waals surface area contributed by atoms with Gasteiger partial charge in [-0.15, -0.1) is 0 Å². The molecule has 154 valence electrons. The van der Waals surface area contributed by atoms with Gasteiger partial charge in [0, 0.05) is 36.9 Å². The second kappa shape index (κ2) is 8.08. The fourth-order valence-corrected chi connectivity index (χ4v) is 4.73. The molecule has 0 bridgehead atoms. The van der Waals surface area contributed by atoms with E-state index in [9.17, 15) is 5.11 Å². The van der Waals surface area contributed by atoms with Gasteiger partial charge in [0.1, 0.15) is 5.75 Å². The van der Waals surface area contributed by atoms with Crippen LogP contribution in [0.5, 0.6) is 5.75 Å². The topological polar surface area (TPSA) is 62.5 Å². The third-order valence-electron chi connectivity index (χ3n) is 5.83. The van der Waals surface area contributed by atoms with Gasteiger partial charge in [-0.2, -0.15) is 0 Å². The maximum Gasteiger partial charge on any atom is 0.170 e. The van der Waals surface area contributed by atoms with Gasteiger partial charge < -0.3 is 24.6 Å². The first-order chi connectivity index (χ1) is 14.7. The number of pyridine rings is 1. The van der Waals surface area contributed by atoms with Crippen molar-refractivity contribution < 1.29 is 9.84 Å². The van der Waals surface area contributed by atoms with E-state index in [1.165, 1.54) is 0 Å². The van der Waals surface area contributed by atoms with Gasteiger partial charge in [-0.05, 0) is 73.6 Å². The summed E-state index contributed by atoms with van der Waals surface area (Å²) in [4.78, 5) is 6.86. The molecule has 2 fully saturated rings. The molecule has 2 saturated heterocycles. The van der Waals surface area contributed by atoms with Crippen LogP contribution in [-0.4, -0.2) is 43.9 Å². The Kier molecular flexibility index (Phi) is 5.14. The summed E-state index contributed by atoms with van der Waals surface area (Å²) in [6, 6.07) is 17.3. The summed E-state index contributed by atoms with van der Waals surface area (Å²) in [5.74, 6) is 0.252. The molecule has 2 aliphatic heterocycles. The molecule has 1 aromatic carbocycles. The molecule has 0 radical (unpaired) electrons. The first-order valence-electron chi connectivity index (χ1n) is 10.3. The van der Waals surface area contributed by atoms with E-state index in [-0.39, 0.29) is 23.9 Å². The predicted molar refractivity (Wildman–Crippen MR) is 119 cm³/mol. The Balaban J connectivity index is 1.56. The van der Waals surface area contributed by atoms with Gasteiger partial charge in [-0.3, -0.25) is 4.98 Å². The Morgan fingerprint density at radius 3 is 2.73 bits per heavy atom. The maximum absolute atomic E-state index is 9.70. The quantitative estimate of drug-likeness (QED) is 0.614. The van der Waals surface area contributed by atoms with Crippen LogP contribution in [-0.2, 0) is 4.74 Å². The van der Waals surface area contributed by atoms with E-state index < -0.39 is 0 Å². The molecule has 0 amide bonds. The molecule has 5 rings (SSSR count). The van der Waals surface area contributed by atoms with Crippen molar-refractivity contribution in [3.63, 3.8) is 0 Å². The zero-order chi connectivity index (χ0) is 20.5. The Bertz CT molecular complexity index is 1020. The van der Waals surface area contributed by atoms with E-state index in [2.05, 4.69) is 25.8 Å². The van der Waals surface area contributed by atoms with Gasteiger partial charge in [0.25, 0.3) is 0 Å². The summed E-state index contributed by atoms with van der Waals surface area (Å²) in [6.07, 6.45) is 6.20. The minimum Gasteiger partial charge on any atom is -0.508 e. The summed E-state index contributed by atoms with van der Waals surface area (Å²) in [5.41, 5.74) is 3.06. The molecule has 0 saturated carbocycles. The van der Waals surface area contributed by atoms with Crippen LogP contribution in [0.15, 0.2) is 67.0 Å². The van der Waals surface area contributed by atoms with Gasteiger partial charge in [0.2, 0.25) is 0 Å². The lowest BCUT2D eigenvalue weighted by atomic mass is 10.0. The van der Waals surface area contributed by atoms with E-state index >= 15 is 0 Å². The van der Waals surface area contributed by atoms with E-state index in [0.717, 1.165) is 48.2 Å². The molecule has 2 aliphatic rings. The highest BCUT2D eigenvalue weighted by Gasteiger charge is 2.42. The van der Waals surface area contributed by atoms with Crippen molar-refractivity contribution in [1.82, 2.24) is 19.8 Å². The van der Waals surface area contributed by atoms with Crippen molar-refractivity contribution in [2.45, 2.75) is 31.0 Å². The molecule has 0 spiro atoms. The fraction of sp³-hybridized carbons (Fsp3) is 0.304. The number of thiocarbonyl (C=S) groups is 1. The zero-order valence-corrected chi connectivity index (χ0v) is 17.3. The molecular weight excluding hydrogens is 396 g/mol. The lowest BCUT2D eigenvalue weighted by Gasteiger charge is -2.30. The Morgan fingerprint density at radius 1 is 1.13 bits per heavy atom. The first kappa shape index (κ1) is 19.1. The van der Waals surface area contributed by atoms with E-state index in [4.69, 9.17) is 17.0 Å². The molecular formula is C23H24N4O2S. The highest BCUT2D eigenvalue weighted by Crippen LogP contribution is 2.40. The highest BCUT2D eigenvalue weighted by atomic mass is 32.1.